The molecule has 1 aromatic rings. The molecule has 1 aliphatic heterocycles. The molecular weight excluding hydrogens is 222 g/mol. The maximum absolute atomic E-state index is 5.97. The second-order valence-corrected chi connectivity index (χ2v) is 5.19. The lowest BCUT2D eigenvalue weighted by Crippen LogP contribution is -2.28. The van der Waals surface area contributed by atoms with E-state index in [-0.39, 0.29) is 0 Å². The third kappa shape index (κ3) is 4.02. The maximum Gasteiger partial charge on any atom is 0.122 e. The molecule has 1 fully saturated rings. The number of aryl methyl sites for hydroxylation is 1. The fourth-order valence-electron chi connectivity index (χ4n) is 2.63. The van der Waals surface area contributed by atoms with Crippen molar-refractivity contribution in [2.45, 2.75) is 39.0 Å². The van der Waals surface area contributed by atoms with Gasteiger partial charge in [-0.15, -0.1) is 0 Å². The molecule has 2 heteroatoms. The van der Waals surface area contributed by atoms with Crippen LogP contribution in [-0.4, -0.2) is 19.7 Å². The minimum atomic E-state index is 0.851. The minimum Gasteiger partial charge on any atom is -0.493 e. The van der Waals surface area contributed by atoms with E-state index in [1.54, 1.807) is 0 Å². The fourth-order valence-corrected chi connectivity index (χ4v) is 2.63. The summed E-state index contributed by atoms with van der Waals surface area (Å²) < 4.78 is 5.97. The maximum atomic E-state index is 5.97. The van der Waals surface area contributed by atoms with Crippen molar-refractivity contribution >= 4 is 0 Å². The Kier molecular flexibility index (Phi) is 5.53. The van der Waals surface area contributed by atoms with Crippen LogP contribution >= 0.6 is 0 Å². The molecule has 1 N–H and O–H groups in total. The SMILES string of the molecule is CCCc1ccccc1OCCC1CCNCC1. The van der Waals surface area contributed by atoms with Gasteiger partial charge >= 0.3 is 0 Å². The molecule has 2 nitrogen and oxygen atoms in total. The van der Waals surface area contributed by atoms with Crippen molar-refractivity contribution in [3.63, 3.8) is 0 Å². The molecule has 1 heterocycles. The van der Waals surface area contributed by atoms with Gasteiger partial charge in [0.05, 0.1) is 6.61 Å². The number of piperidine rings is 1. The van der Waals surface area contributed by atoms with Gasteiger partial charge < -0.3 is 10.1 Å². The van der Waals surface area contributed by atoms with Crippen LogP contribution in [0.5, 0.6) is 5.75 Å². The Hall–Kier alpha value is -1.02. The Morgan fingerprint density at radius 3 is 2.78 bits per heavy atom. The first kappa shape index (κ1) is 13.4. The predicted octanol–water partition coefficient (Wildman–Crippen LogP) is 3.41. The first-order valence-electron chi connectivity index (χ1n) is 7.31. The third-order valence-corrected chi connectivity index (χ3v) is 3.73. The summed E-state index contributed by atoms with van der Waals surface area (Å²) >= 11 is 0. The predicted molar refractivity (Wildman–Crippen MR) is 76.1 cm³/mol. The smallest absolute Gasteiger partial charge is 0.122 e. The zero-order valence-electron chi connectivity index (χ0n) is 11.5. The van der Waals surface area contributed by atoms with E-state index in [0.717, 1.165) is 24.7 Å². The molecule has 0 unspecified atom stereocenters. The molecule has 0 atom stereocenters. The van der Waals surface area contributed by atoms with Crippen LogP contribution in [0.3, 0.4) is 0 Å². The van der Waals surface area contributed by atoms with Crippen molar-refractivity contribution in [3.8, 4) is 5.75 Å². The molecule has 1 aliphatic rings. The highest BCUT2D eigenvalue weighted by atomic mass is 16.5. The van der Waals surface area contributed by atoms with Crippen LogP contribution in [0.15, 0.2) is 24.3 Å². The molecule has 0 aromatic heterocycles. The largest absolute Gasteiger partial charge is 0.493 e. The highest BCUT2D eigenvalue weighted by molar-refractivity contribution is 5.33. The molecule has 0 bridgehead atoms. The lowest BCUT2D eigenvalue weighted by Gasteiger charge is -2.22. The Balaban J connectivity index is 1.78. The summed E-state index contributed by atoms with van der Waals surface area (Å²) in [5.74, 6) is 1.94. The van der Waals surface area contributed by atoms with Gasteiger partial charge in [0.1, 0.15) is 5.75 Å². The van der Waals surface area contributed by atoms with Gasteiger partial charge in [-0.2, -0.15) is 0 Å². The van der Waals surface area contributed by atoms with Gasteiger partial charge in [0.15, 0.2) is 0 Å². The molecule has 0 saturated carbocycles. The fraction of sp³-hybridized carbons (Fsp3) is 0.625. The van der Waals surface area contributed by atoms with Crippen LogP contribution < -0.4 is 10.1 Å². The zero-order chi connectivity index (χ0) is 12.6. The Morgan fingerprint density at radius 2 is 2.00 bits per heavy atom. The highest BCUT2D eigenvalue weighted by Crippen LogP contribution is 2.21. The third-order valence-electron chi connectivity index (χ3n) is 3.73. The molecule has 100 valence electrons. The van der Waals surface area contributed by atoms with E-state index >= 15 is 0 Å². The molecule has 0 spiro atoms. The number of ether oxygens (including phenoxy) is 1. The standard InChI is InChI=1S/C16H25NO/c1-2-5-15-6-3-4-7-16(15)18-13-10-14-8-11-17-12-9-14/h3-4,6-7,14,17H,2,5,8-13H2,1H3. The first-order chi connectivity index (χ1) is 8.90. The average Bonchev–Trinajstić information content (AvgIpc) is 2.42. The molecule has 0 radical (unpaired) electrons. The van der Waals surface area contributed by atoms with Crippen molar-refractivity contribution < 1.29 is 4.74 Å². The average molecular weight is 247 g/mol. The molecule has 1 aromatic carbocycles. The molecule has 1 saturated heterocycles. The van der Waals surface area contributed by atoms with Crippen LogP contribution in [0, 0.1) is 5.92 Å². The van der Waals surface area contributed by atoms with Crippen molar-refractivity contribution in [2.24, 2.45) is 5.92 Å². The number of hydrogen-bond donors (Lipinski definition) is 1. The monoisotopic (exact) mass is 247 g/mol. The lowest BCUT2D eigenvalue weighted by molar-refractivity contribution is 0.250. The van der Waals surface area contributed by atoms with Gasteiger partial charge in [-0.05, 0) is 56.3 Å². The minimum absolute atomic E-state index is 0.851. The van der Waals surface area contributed by atoms with Gasteiger partial charge in [-0.1, -0.05) is 31.5 Å². The van der Waals surface area contributed by atoms with E-state index < -0.39 is 0 Å². The number of nitrogens with one attached hydrogen (secondary N) is 1. The van der Waals surface area contributed by atoms with Gasteiger partial charge in [0, 0.05) is 0 Å². The van der Waals surface area contributed by atoms with Gasteiger partial charge in [0.2, 0.25) is 0 Å². The lowest BCUT2D eigenvalue weighted by atomic mass is 9.95. The summed E-state index contributed by atoms with van der Waals surface area (Å²) in [5.41, 5.74) is 1.35. The van der Waals surface area contributed by atoms with E-state index in [2.05, 4.69) is 36.5 Å². The van der Waals surface area contributed by atoms with E-state index in [1.165, 1.54) is 44.3 Å². The van der Waals surface area contributed by atoms with Gasteiger partial charge in [-0.3, -0.25) is 0 Å². The van der Waals surface area contributed by atoms with Crippen molar-refractivity contribution in [1.29, 1.82) is 0 Å². The Labute approximate surface area is 111 Å². The van der Waals surface area contributed by atoms with Crippen LogP contribution in [0.25, 0.3) is 0 Å². The second-order valence-electron chi connectivity index (χ2n) is 5.19. The molecule has 2 rings (SSSR count). The normalized spacial score (nSPS) is 16.7. The van der Waals surface area contributed by atoms with E-state index in [0.29, 0.717) is 0 Å². The quantitative estimate of drug-likeness (QED) is 0.832. The number of hydrogen-bond acceptors (Lipinski definition) is 2. The number of para-hydroxylation sites is 1. The van der Waals surface area contributed by atoms with Gasteiger partial charge in [-0.25, -0.2) is 0 Å². The Morgan fingerprint density at radius 1 is 1.22 bits per heavy atom. The summed E-state index contributed by atoms with van der Waals surface area (Å²) in [6, 6.07) is 8.46. The number of benzene rings is 1. The topological polar surface area (TPSA) is 21.3 Å². The zero-order valence-corrected chi connectivity index (χ0v) is 11.5. The molecule has 18 heavy (non-hydrogen) atoms. The van der Waals surface area contributed by atoms with E-state index in [9.17, 15) is 0 Å². The van der Waals surface area contributed by atoms with Crippen LogP contribution in [0.1, 0.15) is 38.2 Å². The van der Waals surface area contributed by atoms with Crippen molar-refractivity contribution in [3.05, 3.63) is 29.8 Å². The van der Waals surface area contributed by atoms with Gasteiger partial charge in [0.25, 0.3) is 0 Å². The van der Waals surface area contributed by atoms with Crippen molar-refractivity contribution in [1.82, 2.24) is 5.32 Å². The first-order valence-corrected chi connectivity index (χ1v) is 7.31. The van der Waals surface area contributed by atoms with Crippen molar-refractivity contribution in [2.75, 3.05) is 19.7 Å². The van der Waals surface area contributed by atoms with Crippen LogP contribution in [0.2, 0.25) is 0 Å². The summed E-state index contributed by atoms with van der Waals surface area (Å²) in [4.78, 5) is 0. The van der Waals surface area contributed by atoms with Crippen LogP contribution in [0.4, 0.5) is 0 Å². The summed E-state index contributed by atoms with van der Waals surface area (Å²) in [7, 11) is 0. The summed E-state index contributed by atoms with van der Waals surface area (Å²) in [5, 5.41) is 3.41. The highest BCUT2D eigenvalue weighted by Gasteiger charge is 2.13. The molecule has 0 amide bonds. The number of rotatable bonds is 6. The van der Waals surface area contributed by atoms with E-state index in [4.69, 9.17) is 4.74 Å². The van der Waals surface area contributed by atoms with E-state index in [1.807, 2.05) is 0 Å². The van der Waals surface area contributed by atoms with Crippen LogP contribution in [-0.2, 0) is 6.42 Å². The summed E-state index contributed by atoms with van der Waals surface area (Å²) in [6.45, 7) is 5.44. The second kappa shape index (κ2) is 7.42. The summed E-state index contributed by atoms with van der Waals surface area (Å²) in [6.07, 6.45) is 6.10. The molecular formula is C16H25NO. The molecule has 0 aliphatic carbocycles. The Bertz CT molecular complexity index is 345.